The lowest BCUT2D eigenvalue weighted by Crippen LogP contribution is -2.44. The molecule has 1 fully saturated rings. The van der Waals surface area contributed by atoms with Gasteiger partial charge in [0.25, 0.3) is 5.56 Å². The lowest BCUT2D eigenvalue weighted by atomic mass is 10.1. The molecular weight excluding hydrogens is 339 g/mol. The first-order chi connectivity index (χ1) is 12.5. The summed E-state index contributed by atoms with van der Waals surface area (Å²) in [5, 5.41) is 6.68. The summed E-state index contributed by atoms with van der Waals surface area (Å²) in [6, 6.07) is 9.53. The number of hydrogen-bond donors (Lipinski definition) is 1. The standard InChI is InChI=1S/C18H21FN4O3/c1-22-17(24)7-6-16(21-22)20-18(25)23-10-8-15(9-11-23)26-14-4-2-13(12-19)3-5-14/h2-7,15H,8-12H2,1H3,(H,20,21,25). The second kappa shape index (κ2) is 7.99. The van der Waals surface area contributed by atoms with Crippen molar-refractivity contribution in [1.82, 2.24) is 14.7 Å². The van der Waals surface area contributed by atoms with E-state index < -0.39 is 6.67 Å². The van der Waals surface area contributed by atoms with Crippen LogP contribution >= 0.6 is 0 Å². The highest BCUT2D eigenvalue weighted by atomic mass is 19.1. The summed E-state index contributed by atoms with van der Waals surface area (Å²) in [5.41, 5.74) is 0.386. The highest BCUT2D eigenvalue weighted by Crippen LogP contribution is 2.20. The minimum Gasteiger partial charge on any atom is -0.490 e. The molecule has 0 atom stereocenters. The van der Waals surface area contributed by atoms with E-state index in [0.717, 1.165) is 0 Å². The topological polar surface area (TPSA) is 76.5 Å². The Bertz CT molecular complexity index is 814. The van der Waals surface area contributed by atoms with Gasteiger partial charge in [0.15, 0.2) is 5.82 Å². The molecular formula is C18H21FN4O3. The van der Waals surface area contributed by atoms with E-state index in [1.54, 1.807) is 29.2 Å². The maximum absolute atomic E-state index is 12.5. The summed E-state index contributed by atoms with van der Waals surface area (Å²) in [4.78, 5) is 25.3. The van der Waals surface area contributed by atoms with Gasteiger partial charge < -0.3 is 9.64 Å². The van der Waals surface area contributed by atoms with Gasteiger partial charge in [-0.1, -0.05) is 12.1 Å². The molecule has 1 aromatic heterocycles. The first-order valence-corrected chi connectivity index (χ1v) is 8.47. The van der Waals surface area contributed by atoms with Crippen LogP contribution in [0.3, 0.4) is 0 Å². The van der Waals surface area contributed by atoms with Crippen molar-refractivity contribution in [3.05, 3.63) is 52.3 Å². The lowest BCUT2D eigenvalue weighted by molar-refractivity contribution is 0.115. The number of urea groups is 1. The van der Waals surface area contributed by atoms with E-state index in [9.17, 15) is 14.0 Å². The Morgan fingerprint density at radius 3 is 2.54 bits per heavy atom. The number of nitrogens with one attached hydrogen (secondary N) is 1. The van der Waals surface area contributed by atoms with E-state index in [1.165, 1.54) is 23.9 Å². The number of carbonyl (C=O) groups excluding carboxylic acids is 1. The second-order valence-electron chi connectivity index (χ2n) is 6.19. The number of anilines is 1. The zero-order valence-corrected chi connectivity index (χ0v) is 14.5. The van der Waals surface area contributed by atoms with Crippen LogP contribution in [0, 0.1) is 0 Å². The predicted molar refractivity (Wildman–Crippen MR) is 95.0 cm³/mol. The second-order valence-corrected chi connectivity index (χ2v) is 6.19. The van der Waals surface area contributed by atoms with Gasteiger partial charge in [-0.05, 0) is 23.8 Å². The van der Waals surface area contributed by atoms with Crippen molar-refractivity contribution in [1.29, 1.82) is 0 Å². The Labute approximate surface area is 150 Å². The number of halogens is 1. The van der Waals surface area contributed by atoms with Crippen molar-refractivity contribution in [3.8, 4) is 5.75 Å². The molecule has 7 nitrogen and oxygen atoms in total. The fraction of sp³-hybridized carbons (Fsp3) is 0.389. The summed E-state index contributed by atoms with van der Waals surface area (Å²) in [6.07, 6.45) is 1.43. The molecule has 2 aromatic rings. The molecule has 138 valence electrons. The normalized spacial score (nSPS) is 14.9. The number of aryl methyl sites for hydroxylation is 1. The van der Waals surface area contributed by atoms with Crippen LogP contribution in [0.15, 0.2) is 41.2 Å². The van der Waals surface area contributed by atoms with Crippen LogP contribution in [0.4, 0.5) is 15.0 Å². The highest BCUT2D eigenvalue weighted by molar-refractivity contribution is 5.88. The van der Waals surface area contributed by atoms with Gasteiger partial charge in [-0.25, -0.2) is 13.9 Å². The molecule has 26 heavy (non-hydrogen) atoms. The van der Waals surface area contributed by atoms with Gasteiger partial charge in [-0.15, -0.1) is 0 Å². The van der Waals surface area contributed by atoms with Gasteiger partial charge in [-0.3, -0.25) is 10.1 Å². The first kappa shape index (κ1) is 17.9. The molecule has 2 amide bonds. The summed E-state index contributed by atoms with van der Waals surface area (Å²) in [7, 11) is 1.53. The van der Waals surface area contributed by atoms with Crippen molar-refractivity contribution >= 4 is 11.8 Å². The maximum Gasteiger partial charge on any atom is 0.323 e. The van der Waals surface area contributed by atoms with Crippen LogP contribution in [0.1, 0.15) is 18.4 Å². The van der Waals surface area contributed by atoms with Crippen LogP contribution in [0.5, 0.6) is 5.75 Å². The van der Waals surface area contributed by atoms with Crippen molar-refractivity contribution in [2.75, 3.05) is 18.4 Å². The largest absolute Gasteiger partial charge is 0.490 e. The summed E-state index contributed by atoms with van der Waals surface area (Å²) < 4.78 is 19.6. The number of carbonyl (C=O) groups is 1. The number of alkyl halides is 1. The quantitative estimate of drug-likeness (QED) is 0.908. The number of piperidine rings is 1. The Balaban J connectivity index is 1.50. The van der Waals surface area contributed by atoms with E-state index in [0.29, 0.717) is 43.1 Å². The molecule has 0 saturated carbocycles. The van der Waals surface area contributed by atoms with E-state index in [1.807, 2.05) is 0 Å². The van der Waals surface area contributed by atoms with Crippen LogP contribution < -0.4 is 15.6 Å². The minimum atomic E-state index is -0.488. The number of rotatable bonds is 4. The Kier molecular flexibility index (Phi) is 5.50. The molecule has 8 heteroatoms. The van der Waals surface area contributed by atoms with E-state index in [4.69, 9.17) is 4.74 Å². The number of benzene rings is 1. The number of hydrogen-bond acceptors (Lipinski definition) is 4. The smallest absolute Gasteiger partial charge is 0.323 e. The number of ether oxygens (including phenoxy) is 1. The van der Waals surface area contributed by atoms with Gasteiger partial charge in [0, 0.05) is 39.0 Å². The van der Waals surface area contributed by atoms with Crippen LogP contribution in [-0.4, -0.2) is 39.9 Å². The number of nitrogens with zero attached hydrogens (tertiary/aromatic N) is 3. The van der Waals surface area contributed by atoms with E-state index in [-0.39, 0.29) is 17.7 Å². The average molecular weight is 360 g/mol. The average Bonchev–Trinajstić information content (AvgIpc) is 2.66. The fourth-order valence-corrected chi connectivity index (χ4v) is 2.78. The Morgan fingerprint density at radius 1 is 1.23 bits per heavy atom. The van der Waals surface area contributed by atoms with Gasteiger partial charge >= 0.3 is 6.03 Å². The number of aromatic nitrogens is 2. The van der Waals surface area contributed by atoms with Crippen LogP contribution in [-0.2, 0) is 13.7 Å². The summed E-state index contributed by atoms with van der Waals surface area (Å²) in [6.45, 7) is 0.633. The molecule has 3 rings (SSSR count). The first-order valence-electron chi connectivity index (χ1n) is 8.47. The van der Waals surface area contributed by atoms with Gasteiger partial charge in [0.1, 0.15) is 18.5 Å². The lowest BCUT2D eigenvalue weighted by Gasteiger charge is -2.32. The van der Waals surface area contributed by atoms with Gasteiger partial charge in [0.2, 0.25) is 0 Å². The van der Waals surface area contributed by atoms with Crippen molar-refractivity contribution in [2.24, 2.45) is 7.05 Å². The Hall–Kier alpha value is -2.90. The number of likely N-dealkylation sites (tertiary alicyclic amines) is 1. The van der Waals surface area contributed by atoms with E-state index in [2.05, 4.69) is 10.4 Å². The monoisotopic (exact) mass is 360 g/mol. The predicted octanol–water partition coefficient (Wildman–Crippen LogP) is 2.33. The minimum absolute atomic E-state index is 0.0194. The molecule has 1 N–H and O–H groups in total. The zero-order valence-electron chi connectivity index (χ0n) is 14.5. The van der Waals surface area contributed by atoms with Crippen molar-refractivity contribution < 1.29 is 13.9 Å². The van der Waals surface area contributed by atoms with Crippen LogP contribution in [0.2, 0.25) is 0 Å². The molecule has 1 aliphatic heterocycles. The highest BCUT2D eigenvalue weighted by Gasteiger charge is 2.24. The van der Waals surface area contributed by atoms with Crippen molar-refractivity contribution in [3.63, 3.8) is 0 Å². The zero-order chi connectivity index (χ0) is 18.5. The molecule has 0 unspecified atom stereocenters. The molecule has 2 heterocycles. The molecule has 0 aliphatic carbocycles. The third-order valence-electron chi connectivity index (χ3n) is 4.31. The SMILES string of the molecule is Cn1nc(NC(=O)N2CCC(Oc3ccc(CF)cc3)CC2)ccc1=O. The molecule has 1 aromatic carbocycles. The summed E-state index contributed by atoms with van der Waals surface area (Å²) in [5.74, 6) is 1.04. The fourth-order valence-electron chi connectivity index (χ4n) is 2.78. The molecule has 0 radical (unpaired) electrons. The molecule has 0 bridgehead atoms. The third kappa shape index (κ3) is 4.38. The van der Waals surface area contributed by atoms with E-state index >= 15 is 0 Å². The maximum atomic E-state index is 12.5. The Morgan fingerprint density at radius 2 is 1.92 bits per heavy atom. The molecule has 1 saturated heterocycles. The van der Waals surface area contributed by atoms with Crippen LogP contribution in [0.25, 0.3) is 0 Å². The number of amides is 2. The molecule has 1 aliphatic rings. The third-order valence-corrected chi connectivity index (χ3v) is 4.31. The van der Waals surface area contributed by atoms with Gasteiger partial charge in [0.05, 0.1) is 0 Å². The van der Waals surface area contributed by atoms with Gasteiger partial charge in [-0.2, -0.15) is 5.10 Å². The van der Waals surface area contributed by atoms with Crippen molar-refractivity contribution in [2.45, 2.75) is 25.6 Å². The molecule has 0 spiro atoms. The summed E-state index contributed by atoms with van der Waals surface area (Å²) >= 11 is 0.